The van der Waals surface area contributed by atoms with Gasteiger partial charge in [0.1, 0.15) is 0 Å². The maximum atomic E-state index is 12.1. The maximum Gasteiger partial charge on any atom is 0.351 e. The zero-order chi connectivity index (χ0) is 85.9. The van der Waals surface area contributed by atoms with Gasteiger partial charge in [-0.1, -0.05) is 36.4 Å². The van der Waals surface area contributed by atoms with E-state index < -0.39 is 66.3 Å². The number of esters is 8. The molecule has 10 rings (SSSR count). The van der Waals surface area contributed by atoms with Crippen molar-refractivity contribution in [1.29, 1.82) is 0 Å². The zero-order valence-electron chi connectivity index (χ0n) is 63.3. The molecule has 0 aliphatic carbocycles. The molecule has 0 spiro atoms. The third kappa shape index (κ3) is 25.8. The molecule has 29 nitrogen and oxygen atoms in total. The molecule has 622 valence electrons. The van der Waals surface area contributed by atoms with Crippen LogP contribution in [0.4, 0.5) is 0 Å². The minimum Gasteiger partial charge on any atom is -0.504 e. The molecule has 4 aromatic carbocycles. The highest BCUT2D eigenvalue weighted by Crippen LogP contribution is 2.52. The van der Waals surface area contributed by atoms with E-state index in [9.17, 15) is 63.3 Å². The van der Waals surface area contributed by atoms with Crippen molar-refractivity contribution in [2.24, 2.45) is 0 Å². The number of carbonyl (C=O) groups excluding carboxylic acids is 8. The molecule has 0 bridgehead atoms. The van der Waals surface area contributed by atoms with Crippen molar-refractivity contribution < 1.29 is 139 Å². The molecule has 1 aliphatic heterocycles. The molecule has 1 aliphatic rings. The number of hydrogen-bond acceptors (Lipinski definition) is 32. The summed E-state index contributed by atoms with van der Waals surface area (Å²) in [5.74, 6) is -4.90. The number of rotatable bonds is 28. The summed E-state index contributed by atoms with van der Waals surface area (Å²) in [6, 6.07) is 21.6. The molecular weight excluding hydrogens is 2020 g/mol. The maximum absolute atomic E-state index is 12.1. The molecule has 5 aromatic heterocycles. The summed E-state index contributed by atoms with van der Waals surface area (Å²) in [4.78, 5) is 119. The van der Waals surface area contributed by atoms with Gasteiger partial charge in [0.2, 0.25) is 6.79 Å². The van der Waals surface area contributed by atoms with Crippen LogP contribution in [0.25, 0.3) is 41.8 Å². The lowest BCUT2D eigenvalue weighted by atomic mass is 10.1. The fourth-order valence-electron chi connectivity index (χ4n) is 9.33. The van der Waals surface area contributed by atoms with Crippen molar-refractivity contribution >= 4 is 212 Å². The fourth-order valence-corrected chi connectivity index (χ4v) is 19.3. The van der Waals surface area contributed by atoms with Gasteiger partial charge in [-0.2, -0.15) is 0 Å². The number of halogens is 6. The van der Waals surface area contributed by atoms with Gasteiger partial charge in [-0.3, -0.25) is 0 Å². The second kappa shape index (κ2) is 46.3. The number of phenols is 2. The number of aromatic carboxylic acids is 1. The molecule has 4 N–H and O–H groups in total. The van der Waals surface area contributed by atoms with Crippen LogP contribution in [0, 0.1) is 27.7 Å². The topological polar surface area (TPSA) is 390 Å². The van der Waals surface area contributed by atoms with Gasteiger partial charge in [-0.15, -0.1) is 56.7 Å². The van der Waals surface area contributed by atoms with Gasteiger partial charge < -0.3 is 91.5 Å². The van der Waals surface area contributed by atoms with Gasteiger partial charge in [0.25, 0.3) is 0 Å². The molecule has 0 saturated carbocycles. The van der Waals surface area contributed by atoms with Gasteiger partial charge >= 0.3 is 59.7 Å². The Labute approximate surface area is 733 Å². The lowest BCUT2D eigenvalue weighted by molar-refractivity contribution is -0.146. The average Bonchev–Trinajstić information content (AvgIpc) is 1.66. The first kappa shape index (κ1) is 96.0. The Balaban J connectivity index is 0.000000227. The van der Waals surface area contributed by atoms with E-state index in [-0.39, 0.29) is 119 Å². The van der Waals surface area contributed by atoms with Gasteiger partial charge in [0, 0.05) is 0 Å². The molecule has 0 unspecified atom stereocenters. The first-order valence-corrected chi connectivity index (χ1v) is 42.4. The van der Waals surface area contributed by atoms with Crippen molar-refractivity contribution in [1.82, 2.24) is 0 Å². The first-order chi connectivity index (χ1) is 55.1. The highest BCUT2D eigenvalue weighted by atomic mass is 79.9. The Morgan fingerprint density at radius 1 is 0.362 bits per heavy atom. The number of phenolic OH excluding ortho intramolecular Hbond substituents is 2. The first-order valence-electron chi connectivity index (χ1n) is 33.5. The molecule has 0 atom stereocenters. The van der Waals surface area contributed by atoms with Crippen LogP contribution in [-0.2, 0) is 61.9 Å². The standard InChI is InChI=1S/C18H19BrO5S.C17H15BrO7S.C16H15BrO7S.C15H13BrO5S.C10H10Br2O5S/c1-5-23-13(20)9-24-15-14(19)16(25-17(15)18(21)22-4)12-7-6-10(2)11(3)8-12;1-3-22-12(19)7-23-14-13(18)15(26-16(14)17(20)21-2)9-4-5-10-11(6-9)25-8-24-10;1-3-23-11(20)7-24-13-12(17)14(25-15(13)16(21)22-2)8-4-5-9(18)10(19)6-8;1-7-3-4-9(5-8(7)2)13-11(16)12(21-6-10(17)18)14(22-13)15(19)20;1-3-16-5(13)4-17-7-6(11)9(12)18-8(7)10(14)15-2/h6-8H,5,9H2,1-4H3;4-6H,3,7-8H2,1-2H3;4-6,18-19H,3,7H2,1-2H3;3-5H,6H2,1-2H3,(H,17,18)(H,19,20);3-4H2,1-2H3. The van der Waals surface area contributed by atoms with Gasteiger partial charge in [0.15, 0.2) is 109 Å². The number of carboxylic acids is 2. The number of benzene rings is 4. The number of carbonyl (C=O) groups is 10. The number of thiophene rings is 5. The van der Waals surface area contributed by atoms with E-state index >= 15 is 0 Å². The highest BCUT2D eigenvalue weighted by molar-refractivity contribution is 9.13. The monoisotopic (exact) mass is 2080 g/mol. The van der Waals surface area contributed by atoms with Crippen LogP contribution in [-0.4, -0.2) is 175 Å². The van der Waals surface area contributed by atoms with Crippen LogP contribution >= 0.6 is 152 Å². The van der Waals surface area contributed by atoms with E-state index in [1.807, 2.05) is 76.2 Å². The Morgan fingerprint density at radius 3 is 1.00 bits per heavy atom. The van der Waals surface area contributed by atoms with E-state index in [4.69, 9.17) is 71.4 Å². The smallest absolute Gasteiger partial charge is 0.351 e. The number of aromatic hydroxyl groups is 2. The molecule has 0 amide bonds. The number of ether oxygens (including phenoxy) is 15. The summed E-state index contributed by atoms with van der Waals surface area (Å²) in [5.41, 5.74) is 7.71. The quantitative estimate of drug-likeness (QED) is 0.0201. The van der Waals surface area contributed by atoms with Crippen LogP contribution in [0.15, 0.2) is 98.9 Å². The van der Waals surface area contributed by atoms with E-state index in [0.717, 1.165) is 77.1 Å². The molecular formula is C76H72Br6O29S5. The predicted octanol–water partition coefficient (Wildman–Crippen LogP) is 18.4. The van der Waals surface area contributed by atoms with Gasteiger partial charge in [-0.05, 0) is 232 Å². The predicted molar refractivity (Wildman–Crippen MR) is 452 cm³/mol. The van der Waals surface area contributed by atoms with Crippen molar-refractivity contribution in [3.8, 4) is 93.5 Å². The molecule has 0 fully saturated rings. The fraction of sp³-hybridized carbons (Fsp3) is 0.289. The number of hydrogen-bond donors (Lipinski definition) is 4. The van der Waals surface area contributed by atoms with E-state index in [0.29, 0.717) is 57.8 Å². The number of fused-ring (bicyclic) bond motifs is 1. The molecule has 0 saturated heterocycles. The molecule has 9 aromatic rings. The molecule has 6 heterocycles. The largest absolute Gasteiger partial charge is 0.504 e. The van der Waals surface area contributed by atoms with Crippen molar-refractivity contribution in [2.75, 3.05) is 94.7 Å². The van der Waals surface area contributed by atoms with Crippen LogP contribution in [0.2, 0.25) is 0 Å². The van der Waals surface area contributed by atoms with Crippen LogP contribution in [0.3, 0.4) is 0 Å². The Kier molecular flexibility index (Phi) is 38.4. The summed E-state index contributed by atoms with van der Waals surface area (Å²) in [6.07, 6.45) is 0. The summed E-state index contributed by atoms with van der Waals surface area (Å²) in [6.45, 7) is 14.2. The van der Waals surface area contributed by atoms with Crippen molar-refractivity contribution in [3.63, 3.8) is 0 Å². The Morgan fingerprint density at radius 2 is 0.664 bits per heavy atom. The van der Waals surface area contributed by atoms with Crippen LogP contribution < -0.4 is 33.2 Å². The molecule has 40 heteroatoms. The molecule has 116 heavy (non-hydrogen) atoms. The lowest BCUT2D eigenvalue weighted by Gasteiger charge is -2.07. The van der Waals surface area contributed by atoms with Crippen LogP contribution in [0.5, 0.6) is 51.7 Å². The van der Waals surface area contributed by atoms with Crippen molar-refractivity contribution in [2.45, 2.75) is 55.4 Å². The second-order valence-corrected chi connectivity index (χ2v) is 33.0. The van der Waals surface area contributed by atoms with Gasteiger partial charge in [0.05, 0.1) is 101 Å². The number of methoxy groups -OCH3 is 4. The summed E-state index contributed by atoms with van der Waals surface area (Å²) in [5, 5.41) is 37.1. The summed E-state index contributed by atoms with van der Waals surface area (Å²) in [7, 11) is 5.10. The Hall–Kier alpha value is -8.84. The summed E-state index contributed by atoms with van der Waals surface area (Å²) >= 11 is 25.9. The van der Waals surface area contributed by atoms with Crippen LogP contribution in [0.1, 0.15) is 98.3 Å². The third-order valence-corrected chi connectivity index (χ3v) is 27.3. The SMILES string of the molecule is CCOC(=O)COc1c(C(=O)OC)sc(-c2ccc(C)c(C)c2)c1Br.CCOC(=O)COc1c(C(=O)OC)sc(-c2ccc(O)c(O)c2)c1Br.CCOC(=O)COc1c(C(=O)OC)sc(-c2ccc3c(c2)OCO3)c1Br.CCOC(=O)COc1c(C(=O)OC)sc(Br)c1Br.Cc1ccc(-c2sc(C(=O)O)c(OCC(=O)O)c2Br)cc1C. The van der Waals surface area contributed by atoms with Crippen molar-refractivity contribution in [3.05, 3.63) is 146 Å². The number of carboxylic acid groups (broad SMARTS) is 2. The third-order valence-electron chi connectivity index (χ3n) is 15.0. The lowest BCUT2D eigenvalue weighted by Crippen LogP contribution is -2.15. The zero-order valence-corrected chi connectivity index (χ0v) is 76.9. The second-order valence-electron chi connectivity index (χ2n) is 22.7. The average molecular weight is 2090 g/mol. The van der Waals surface area contributed by atoms with Gasteiger partial charge in [-0.25, -0.2) is 47.9 Å². The highest BCUT2D eigenvalue weighted by Gasteiger charge is 2.31. The number of aliphatic carboxylic acids is 1. The van der Waals surface area contributed by atoms with E-state index in [1.165, 1.54) is 68.8 Å². The van der Waals surface area contributed by atoms with E-state index in [1.54, 1.807) is 39.8 Å². The molecule has 0 radical (unpaired) electrons. The van der Waals surface area contributed by atoms with E-state index in [2.05, 4.69) is 100 Å². The summed E-state index contributed by atoms with van der Waals surface area (Å²) < 4.78 is 79.2. The minimum absolute atomic E-state index is 0.0265. The normalized spacial score (nSPS) is 10.7. The Bertz CT molecular complexity index is 4940. The minimum atomic E-state index is -1.16. The number of aryl methyl sites for hydroxylation is 4.